The molecule has 0 bridgehead atoms. The van der Waals surface area contributed by atoms with Crippen molar-refractivity contribution in [2.75, 3.05) is 57.3 Å². The van der Waals surface area contributed by atoms with Crippen LogP contribution in [0, 0.1) is 18.8 Å². The molecule has 5 heteroatoms. The first-order valence-electron chi connectivity index (χ1n) is 11.5. The van der Waals surface area contributed by atoms with E-state index in [1.807, 2.05) is 12.1 Å². The Labute approximate surface area is 186 Å². The molecule has 5 nitrogen and oxygen atoms in total. The van der Waals surface area contributed by atoms with E-state index in [0.29, 0.717) is 0 Å². The van der Waals surface area contributed by atoms with Gasteiger partial charge in [0.1, 0.15) is 17.2 Å². The molecule has 0 N–H and O–H groups in total. The highest BCUT2D eigenvalue weighted by Crippen LogP contribution is 2.39. The molecule has 4 rings (SSSR count). The van der Waals surface area contributed by atoms with Gasteiger partial charge in [-0.15, -0.1) is 0 Å². The maximum absolute atomic E-state index is 5.64. The van der Waals surface area contributed by atoms with Crippen molar-refractivity contribution in [3.63, 3.8) is 0 Å². The Hall–Kier alpha value is -2.56. The van der Waals surface area contributed by atoms with Crippen LogP contribution in [0.2, 0.25) is 0 Å². The topological polar surface area (TPSA) is 34.2 Å². The van der Waals surface area contributed by atoms with Crippen LogP contribution in [0.5, 0.6) is 17.2 Å². The quantitative estimate of drug-likeness (QED) is 0.640. The molecule has 168 valence electrons. The molecule has 0 aliphatic carbocycles. The Morgan fingerprint density at radius 3 is 1.61 bits per heavy atom. The molecule has 2 aliphatic heterocycles. The summed E-state index contributed by atoms with van der Waals surface area (Å²) in [5.74, 6) is 4.39. The molecule has 0 spiro atoms. The van der Waals surface area contributed by atoms with E-state index in [1.165, 1.54) is 42.6 Å². The van der Waals surface area contributed by atoms with Crippen molar-refractivity contribution in [3.8, 4) is 17.2 Å². The summed E-state index contributed by atoms with van der Waals surface area (Å²) in [7, 11) is 5.21. The Morgan fingerprint density at radius 1 is 0.645 bits per heavy atom. The number of hydrogen-bond donors (Lipinski definition) is 0. The van der Waals surface area contributed by atoms with Crippen LogP contribution in [-0.4, -0.2) is 47.5 Å². The van der Waals surface area contributed by atoms with Crippen molar-refractivity contribution in [3.05, 3.63) is 42.0 Å². The van der Waals surface area contributed by atoms with Gasteiger partial charge >= 0.3 is 0 Å². The summed E-state index contributed by atoms with van der Waals surface area (Å²) in [6.07, 6.45) is 5.06. The second kappa shape index (κ2) is 9.71. The molecule has 2 aromatic rings. The van der Waals surface area contributed by atoms with Gasteiger partial charge in [-0.25, -0.2) is 0 Å². The van der Waals surface area contributed by atoms with Gasteiger partial charge in [0.15, 0.2) is 0 Å². The number of nitrogens with zero attached hydrogens (tertiary/aromatic N) is 2. The molecule has 2 fully saturated rings. The van der Waals surface area contributed by atoms with Gasteiger partial charge in [-0.1, -0.05) is 6.07 Å². The van der Waals surface area contributed by atoms with Crippen LogP contribution >= 0.6 is 0 Å². The molecule has 0 radical (unpaired) electrons. The molecular formula is C26H36N2O3. The number of benzene rings is 2. The normalized spacial score (nSPS) is 18.2. The highest BCUT2D eigenvalue weighted by atomic mass is 16.5. The molecule has 2 aliphatic rings. The van der Waals surface area contributed by atoms with E-state index < -0.39 is 0 Å². The summed E-state index contributed by atoms with van der Waals surface area (Å²) in [4.78, 5) is 4.98. The molecule has 0 saturated carbocycles. The SMILES string of the molecule is COc1ccc(N2CCC(C3CCN(c4ccc(C)cc4OC)CC3)CC2)c(OC)c1. The van der Waals surface area contributed by atoms with E-state index in [-0.39, 0.29) is 0 Å². The van der Waals surface area contributed by atoms with Gasteiger partial charge < -0.3 is 24.0 Å². The molecule has 0 amide bonds. The number of anilines is 2. The van der Waals surface area contributed by atoms with Crippen LogP contribution in [0.1, 0.15) is 31.2 Å². The Morgan fingerprint density at radius 2 is 1.13 bits per heavy atom. The van der Waals surface area contributed by atoms with E-state index in [9.17, 15) is 0 Å². The van der Waals surface area contributed by atoms with Crippen molar-refractivity contribution in [1.29, 1.82) is 0 Å². The summed E-state index contributed by atoms with van der Waals surface area (Å²) in [5.41, 5.74) is 3.67. The predicted molar refractivity (Wildman–Crippen MR) is 127 cm³/mol. The fraction of sp³-hybridized carbons (Fsp3) is 0.538. The molecule has 0 aromatic heterocycles. The fourth-order valence-electron chi connectivity index (χ4n) is 5.32. The highest BCUT2D eigenvalue weighted by molar-refractivity contribution is 5.61. The van der Waals surface area contributed by atoms with E-state index in [2.05, 4.69) is 41.0 Å². The summed E-state index contributed by atoms with van der Waals surface area (Å²) in [5, 5.41) is 0. The number of rotatable bonds is 6. The van der Waals surface area contributed by atoms with Gasteiger partial charge in [-0.2, -0.15) is 0 Å². The Bertz CT molecular complexity index is 869. The maximum atomic E-state index is 5.64. The van der Waals surface area contributed by atoms with Gasteiger partial charge in [0, 0.05) is 32.2 Å². The van der Waals surface area contributed by atoms with E-state index >= 15 is 0 Å². The Kier molecular flexibility index (Phi) is 6.79. The molecule has 31 heavy (non-hydrogen) atoms. The largest absolute Gasteiger partial charge is 0.497 e. The number of hydrogen-bond acceptors (Lipinski definition) is 5. The first-order valence-corrected chi connectivity index (χ1v) is 11.5. The third kappa shape index (κ3) is 4.70. The van der Waals surface area contributed by atoms with Crippen molar-refractivity contribution in [2.24, 2.45) is 11.8 Å². The van der Waals surface area contributed by atoms with E-state index in [1.54, 1.807) is 21.3 Å². The molecular weight excluding hydrogens is 388 g/mol. The predicted octanol–water partition coefficient (Wildman–Crippen LogP) is 5.15. The second-order valence-electron chi connectivity index (χ2n) is 8.86. The van der Waals surface area contributed by atoms with Gasteiger partial charge in [0.25, 0.3) is 0 Å². The van der Waals surface area contributed by atoms with Crippen molar-refractivity contribution in [1.82, 2.24) is 0 Å². The van der Waals surface area contributed by atoms with Gasteiger partial charge in [0.05, 0.1) is 32.7 Å². The summed E-state index contributed by atoms with van der Waals surface area (Å²) < 4.78 is 16.6. The maximum Gasteiger partial charge on any atom is 0.145 e. The van der Waals surface area contributed by atoms with E-state index in [4.69, 9.17) is 14.2 Å². The average molecular weight is 425 g/mol. The molecule has 0 unspecified atom stereocenters. The fourth-order valence-corrected chi connectivity index (χ4v) is 5.32. The van der Waals surface area contributed by atoms with Crippen molar-refractivity contribution in [2.45, 2.75) is 32.6 Å². The molecule has 2 heterocycles. The van der Waals surface area contributed by atoms with E-state index in [0.717, 1.165) is 55.3 Å². The zero-order valence-corrected chi connectivity index (χ0v) is 19.4. The van der Waals surface area contributed by atoms with Crippen LogP contribution in [0.15, 0.2) is 36.4 Å². The number of methoxy groups -OCH3 is 3. The standard InChI is InChI=1S/C26H36N2O3/c1-19-5-7-23(25(17-19)30-3)27-13-9-20(10-14-27)21-11-15-28(16-12-21)24-8-6-22(29-2)18-26(24)31-4/h5-8,17-18,20-21H,9-16H2,1-4H3. The highest BCUT2D eigenvalue weighted by Gasteiger charge is 2.31. The van der Waals surface area contributed by atoms with Crippen LogP contribution in [0.4, 0.5) is 11.4 Å². The zero-order chi connectivity index (χ0) is 21.8. The minimum Gasteiger partial charge on any atom is -0.497 e. The second-order valence-corrected chi connectivity index (χ2v) is 8.86. The number of aryl methyl sites for hydroxylation is 1. The van der Waals surface area contributed by atoms with Crippen LogP contribution in [0.25, 0.3) is 0 Å². The first-order chi connectivity index (χ1) is 15.1. The lowest BCUT2D eigenvalue weighted by Gasteiger charge is -2.41. The van der Waals surface area contributed by atoms with Gasteiger partial charge in [-0.05, 0) is 74.3 Å². The van der Waals surface area contributed by atoms with Gasteiger partial charge in [0.2, 0.25) is 0 Å². The minimum atomic E-state index is 0.822. The summed E-state index contributed by atoms with van der Waals surface area (Å²) in [6, 6.07) is 12.7. The summed E-state index contributed by atoms with van der Waals surface area (Å²) >= 11 is 0. The number of piperidine rings is 2. The van der Waals surface area contributed by atoms with Crippen molar-refractivity contribution >= 4 is 11.4 Å². The monoisotopic (exact) mass is 424 g/mol. The third-order valence-corrected chi connectivity index (χ3v) is 7.15. The molecule has 0 atom stereocenters. The van der Waals surface area contributed by atoms with Crippen LogP contribution in [0.3, 0.4) is 0 Å². The minimum absolute atomic E-state index is 0.822. The Balaban J connectivity index is 1.33. The molecule has 2 aromatic carbocycles. The van der Waals surface area contributed by atoms with Crippen LogP contribution in [-0.2, 0) is 0 Å². The smallest absolute Gasteiger partial charge is 0.145 e. The lowest BCUT2D eigenvalue weighted by molar-refractivity contribution is 0.232. The van der Waals surface area contributed by atoms with Crippen molar-refractivity contribution < 1.29 is 14.2 Å². The third-order valence-electron chi connectivity index (χ3n) is 7.15. The van der Waals surface area contributed by atoms with Crippen LogP contribution < -0.4 is 24.0 Å². The lowest BCUT2D eigenvalue weighted by atomic mass is 9.78. The summed E-state index contributed by atoms with van der Waals surface area (Å²) in [6.45, 7) is 6.55. The number of ether oxygens (including phenoxy) is 3. The zero-order valence-electron chi connectivity index (χ0n) is 19.4. The molecule has 2 saturated heterocycles. The van der Waals surface area contributed by atoms with Gasteiger partial charge in [-0.3, -0.25) is 0 Å². The lowest BCUT2D eigenvalue weighted by Crippen LogP contribution is -2.41. The first kappa shape index (κ1) is 21.7. The average Bonchev–Trinajstić information content (AvgIpc) is 2.83.